The number of nitrogens with one attached hydrogen (secondary N) is 5. The van der Waals surface area contributed by atoms with Crippen molar-refractivity contribution < 1.29 is 8.78 Å². The normalized spacial score (nSPS) is 12.0. The van der Waals surface area contributed by atoms with E-state index in [4.69, 9.17) is 10.7 Å². The van der Waals surface area contributed by atoms with Crippen molar-refractivity contribution in [2.45, 2.75) is 40.5 Å². The first-order chi connectivity index (χ1) is 38.2. The third-order valence-corrected chi connectivity index (χ3v) is 12.9. The molecule has 0 saturated heterocycles. The molecule has 2 aromatic carbocycles. The van der Waals surface area contributed by atoms with Gasteiger partial charge >= 0.3 is 0 Å². The number of H-pyrrole nitrogens is 4. The molecular formula is C62H67F2N15. The Morgan fingerprint density at radius 2 is 1.56 bits per heavy atom. The molecule has 0 radical (unpaired) electrons. The highest BCUT2D eigenvalue weighted by Gasteiger charge is 2.19. The molecule has 0 unspecified atom stereocenters. The molecule has 17 heteroatoms. The summed E-state index contributed by atoms with van der Waals surface area (Å²) in [5.41, 5.74) is 22.0. The fourth-order valence-electron chi connectivity index (χ4n) is 9.03. The van der Waals surface area contributed by atoms with E-state index in [1.807, 2.05) is 117 Å². The minimum absolute atomic E-state index is 0.248. The Balaban J connectivity index is 0.000000202. The topological polar surface area (TPSA) is 198 Å². The number of nitrogens with two attached hydrogens (primary N) is 1. The number of hydrogen-bond acceptors (Lipinski definition) is 11. The number of hydrogen-bond donors (Lipinski definition) is 6. The summed E-state index contributed by atoms with van der Waals surface area (Å²) in [5, 5.41) is 20.9. The number of aryl methyl sites for hydroxylation is 2. The summed E-state index contributed by atoms with van der Waals surface area (Å²) < 4.78 is 29.3. The first-order valence-corrected chi connectivity index (χ1v) is 26.1. The molecule has 0 spiro atoms. The standard InChI is InChI=1S/C31H32FN7.C29H29FN8.C2H6/c1-5-7-25(21-12-20(13-23(32)14-21)8-6-11-39(3)4)26-16-29(35-19(26)2)31-30-28(37-38-31)10-9-27(36-30)22-15-24(33)18-34-17-22;1-18(27-17-31-9-10-33-27)5-6-25-19(2)28(37-36-25)26-16-24-23(7-8-34-29(24)35-26)20-13-21(30)15-22(14-20)32-11-12-38(3)4;1-2/h5,7,9-10,12-18,35H,1,6,8,11,33H2,2-4H3,(H,37,38);5-10,13-17,32,36H,2,11-12H2,1,3-4H3,(H,34,35);1-2H3/b25-7-;18-5+,25-6+;. The average Bonchev–Trinajstić information content (AvgIpc) is 4.42. The van der Waals surface area contributed by atoms with Gasteiger partial charge in [0.15, 0.2) is 0 Å². The van der Waals surface area contributed by atoms with Crippen LogP contribution in [0.5, 0.6) is 0 Å². The molecule has 8 aromatic heterocycles. The summed E-state index contributed by atoms with van der Waals surface area (Å²) in [5.74, 6) is -0.547. The number of benzene rings is 2. The van der Waals surface area contributed by atoms with Gasteiger partial charge in [0.25, 0.3) is 0 Å². The predicted molar refractivity (Wildman–Crippen MR) is 319 cm³/mol. The number of allylic oxidation sites excluding steroid dienone is 4. The number of fused-ring (bicyclic) bond motifs is 2. The van der Waals surface area contributed by atoms with Crippen LogP contribution >= 0.6 is 0 Å². The second-order valence-electron chi connectivity index (χ2n) is 19.3. The van der Waals surface area contributed by atoms with Gasteiger partial charge in [0.05, 0.1) is 45.5 Å². The highest BCUT2D eigenvalue weighted by molar-refractivity contribution is 5.97. The minimum Gasteiger partial charge on any atom is -0.397 e. The maximum absolute atomic E-state index is 14.7. The van der Waals surface area contributed by atoms with Crippen LogP contribution in [0.25, 0.3) is 91.0 Å². The molecule has 0 amide bonds. The molecule has 10 rings (SSSR count). The van der Waals surface area contributed by atoms with E-state index >= 15 is 0 Å². The summed E-state index contributed by atoms with van der Waals surface area (Å²) in [7, 11) is 8.10. The lowest BCUT2D eigenvalue weighted by molar-refractivity contribution is 0.400. The van der Waals surface area contributed by atoms with Crippen LogP contribution in [0.4, 0.5) is 20.2 Å². The van der Waals surface area contributed by atoms with Crippen LogP contribution in [0.2, 0.25) is 0 Å². The van der Waals surface area contributed by atoms with E-state index in [-0.39, 0.29) is 11.6 Å². The smallest absolute Gasteiger partial charge is 0.138 e. The molecule has 7 N–H and O–H groups in total. The SMILES string of the molecule is C=C/C=C(/c1cc(F)cc(CCCN(C)C)c1)c1cc(-c2n[nH]c3ccc(-c4cncc(N)c4)nc23)[nH]c1C.C=c1c(-c2cc3c(-c4cc(F)cc(NCCN(C)C)c4)ccnc3[nH]2)n[nH]/c1=C/C=C(\C)c1cnccn1.CC. The van der Waals surface area contributed by atoms with Crippen LogP contribution in [-0.2, 0) is 6.42 Å². The predicted octanol–water partition coefficient (Wildman–Crippen LogP) is 11.0. The van der Waals surface area contributed by atoms with Gasteiger partial charge in [-0.2, -0.15) is 10.2 Å². The average molecular weight is 1060 g/mol. The number of nitrogen functional groups attached to an aromatic ring is 1. The van der Waals surface area contributed by atoms with Crippen molar-refractivity contribution in [1.29, 1.82) is 0 Å². The number of nitrogens with zero attached hydrogens (tertiary/aromatic N) is 9. The number of halogens is 2. The van der Waals surface area contributed by atoms with Gasteiger partial charge in [-0.3, -0.25) is 25.1 Å². The van der Waals surface area contributed by atoms with Gasteiger partial charge in [-0.1, -0.05) is 51.3 Å². The first kappa shape index (κ1) is 56.0. The first-order valence-electron chi connectivity index (χ1n) is 26.1. The van der Waals surface area contributed by atoms with Crippen molar-refractivity contribution in [2.24, 2.45) is 0 Å². The van der Waals surface area contributed by atoms with E-state index in [2.05, 4.69) is 84.6 Å². The van der Waals surface area contributed by atoms with E-state index in [0.29, 0.717) is 29.3 Å². The number of pyridine rings is 3. The quantitative estimate of drug-likeness (QED) is 0.0475. The van der Waals surface area contributed by atoms with Crippen molar-refractivity contribution in [3.8, 4) is 45.2 Å². The summed E-state index contributed by atoms with van der Waals surface area (Å²) in [4.78, 5) is 33.0. The van der Waals surface area contributed by atoms with Gasteiger partial charge in [0.1, 0.15) is 34.2 Å². The maximum atomic E-state index is 14.7. The molecule has 15 nitrogen and oxygen atoms in total. The Bertz CT molecular complexity index is 3900. The molecule has 8 heterocycles. The van der Waals surface area contributed by atoms with Crippen molar-refractivity contribution in [1.82, 2.24) is 65.1 Å². The third-order valence-electron chi connectivity index (χ3n) is 12.9. The Morgan fingerprint density at radius 1 is 0.772 bits per heavy atom. The monoisotopic (exact) mass is 1060 g/mol. The number of aromatic nitrogens is 11. The molecule has 0 saturated carbocycles. The molecule has 0 aliphatic heterocycles. The van der Waals surface area contributed by atoms with Crippen LogP contribution < -0.4 is 21.6 Å². The van der Waals surface area contributed by atoms with Gasteiger partial charge in [0, 0.05) is 77.2 Å². The van der Waals surface area contributed by atoms with E-state index in [9.17, 15) is 8.78 Å². The highest BCUT2D eigenvalue weighted by Crippen LogP contribution is 2.35. The zero-order chi connectivity index (χ0) is 56.2. The molecule has 0 bridgehead atoms. The third kappa shape index (κ3) is 13.7. The van der Waals surface area contributed by atoms with Gasteiger partial charge in [-0.25, -0.2) is 18.7 Å². The molecule has 10 aromatic rings. The Kier molecular flexibility index (Phi) is 18.3. The minimum atomic E-state index is -0.298. The molecule has 0 fully saturated rings. The highest BCUT2D eigenvalue weighted by atomic mass is 19.1. The summed E-state index contributed by atoms with van der Waals surface area (Å²) in [6, 6.07) is 21.9. The van der Waals surface area contributed by atoms with Gasteiger partial charge in [0.2, 0.25) is 0 Å². The number of anilines is 2. The van der Waals surface area contributed by atoms with E-state index < -0.39 is 0 Å². The van der Waals surface area contributed by atoms with E-state index in [0.717, 1.165) is 132 Å². The van der Waals surface area contributed by atoms with Gasteiger partial charge in [-0.15, -0.1) is 0 Å². The number of rotatable bonds is 17. The van der Waals surface area contributed by atoms with Crippen molar-refractivity contribution in [3.05, 3.63) is 185 Å². The lowest BCUT2D eigenvalue weighted by Crippen LogP contribution is -2.21. The molecule has 0 aliphatic rings. The molecule has 0 atom stereocenters. The van der Waals surface area contributed by atoms with Crippen LogP contribution in [-0.4, -0.2) is 113 Å². The largest absolute Gasteiger partial charge is 0.397 e. The molecule has 79 heavy (non-hydrogen) atoms. The molecular weight excluding hydrogens is 993 g/mol. The van der Waals surface area contributed by atoms with Crippen LogP contribution in [0.15, 0.2) is 135 Å². The van der Waals surface area contributed by atoms with Crippen LogP contribution in [0, 0.1) is 18.6 Å². The van der Waals surface area contributed by atoms with Crippen molar-refractivity contribution in [2.75, 3.05) is 58.9 Å². The second kappa shape index (κ2) is 25.8. The fraction of sp³-hybridized carbons (Fsp3) is 0.210. The number of aromatic amines is 4. The second-order valence-corrected chi connectivity index (χ2v) is 19.3. The fourth-order valence-corrected chi connectivity index (χ4v) is 9.03. The molecule has 0 aliphatic carbocycles. The summed E-state index contributed by atoms with van der Waals surface area (Å²) in [6.07, 6.45) is 19.4. The Hall–Kier alpha value is -9.19. The zero-order valence-corrected chi connectivity index (χ0v) is 46.0. The lowest BCUT2D eigenvalue weighted by Gasteiger charge is -2.13. The molecule has 404 valence electrons. The van der Waals surface area contributed by atoms with Crippen molar-refractivity contribution >= 4 is 57.2 Å². The lowest BCUT2D eigenvalue weighted by atomic mass is 9.94. The number of likely N-dealkylation sites (N-methyl/N-ethyl adjacent to an activating group) is 1. The van der Waals surface area contributed by atoms with Gasteiger partial charge in [-0.05, 0) is 168 Å². The Labute approximate surface area is 458 Å². The summed E-state index contributed by atoms with van der Waals surface area (Å²) >= 11 is 0. The maximum Gasteiger partial charge on any atom is 0.138 e. The van der Waals surface area contributed by atoms with Crippen LogP contribution in [0.3, 0.4) is 0 Å². The van der Waals surface area contributed by atoms with Gasteiger partial charge < -0.3 is 30.8 Å². The van der Waals surface area contributed by atoms with Crippen molar-refractivity contribution in [3.63, 3.8) is 0 Å². The zero-order valence-electron chi connectivity index (χ0n) is 46.0. The Morgan fingerprint density at radius 3 is 2.32 bits per heavy atom. The van der Waals surface area contributed by atoms with E-state index in [1.54, 1.807) is 61.5 Å². The summed E-state index contributed by atoms with van der Waals surface area (Å²) in [6.45, 7) is 18.6. The van der Waals surface area contributed by atoms with E-state index in [1.165, 1.54) is 6.07 Å². The van der Waals surface area contributed by atoms with Crippen LogP contribution in [0.1, 0.15) is 55.3 Å².